The predicted molar refractivity (Wildman–Crippen MR) is 189 cm³/mol. The Balaban J connectivity index is 1.29. The molecule has 0 radical (unpaired) electrons. The van der Waals surface area contributed by atoms with Gasteiger partial charge in [0.15, 0.2) is 0 Å². The highest BCUT2D eigenvalue weighted by Crippen LogP contribution is 2.34. The van der Waals surface area contributed by atoms with Crippen molar-refractivity contribution in [1.82, 2.24) is 25.3 Å². The van der Waals surface area contributed by atoms with E-state index in [1.54, 1.807) is 4.90 Å². The minimum Gasteiger partial charge on any atom is -0.369 e. The molecular weight excluding hydrogens is 636 g/mol. The number of rotatable bonds is 16. The highest BCUT2D eigenvalue weighted by atomic mass is 16.2. The maximum atomic E-state index is 14.4. The maximum absolute atomic E-state index is 14.4. The van der Waals surface area contributed by atoms with Crippen molar-refractivity contribution in [3.8, 4) is 0 Å². The van der Waals surface area contributed by atoms with Crippen molar-refractivity contribution < 1.29 is 24.0 Å². The van der Waals surface area contributed by atoms with Crippen molar-refractivity contribution in [2.24, 2.45) is 17.2 Å². The van der Waals surface area contributed by atoms with Gasteiger partial charge in [0, 0.05) is 37.6 Å². The molecule has 0 aromatic heterocycles. The van der Waals surface area contributed by atoms with Crippen molar-refractivity contribution >= 4 is 29.5 Å². The molecule has 2 bridgehead atoms. The average molecular weight is 689 g/mol. The molecule has 270 valence electrons. The lowest BCUT2D eigenvalue weighted by atomic mass is 10.0. The second kappa shape index (κ2) is 17.1. The summed E-state index contributed by atoms with van der Waals surface area (Å²) < 4.78 is 0. The summed E-state index contributed by atoms with van der Waals surface area (Å²) in [6.45, 7) is 3.66. The van der Waals surface area contributed by atoms with E-state index in [1.807, 2.05) is 77.4 Å². The van der Waals surface area contributed by atoms with Gasteiger partial charge in [0.1, 0.15) is 18.1 Å². The Kier molecular flexibility index (Phi) is 12.6. The monoisotopic (exact) mass is 688 g/mol. The van der Waals surface area contributed by atoms with Gasteiger partial charge in [0.05, 0.1) is 12.6 Å². The van der Waals surface area contributed by atoms with Crippen LogP contribution in [0.25, 0.3) is 0 Å². The first-order chi connectivity index (χ1) is 24.0. The normalized spacial score (nSPS) is 23.7. The number of likely N-dealkylation sites (tertiary alicyclic amines) is 2. The number of fused-ring (bicyclic) bond motifs is 2. The number of nitrogens with zero attached hydrogens (tertiary/aromatic N) is 3. The molecule has 13 heteroatoms. The van der Waals surface area contributed by atoms with E-state index in [0.29, 0.717) is 51.7 Å². The molecule has 0 spiro atoms. The van der Waals surface area contributed by atoms with Crippen LogP contribution in [0.3, 0.4) is 0 Å². The van der Waals surface area contributed by atoms with E-state index in [-0.39, 0.29) is 42.9 Å². The summed E-state index contributed by atoms with van der Waals surface area (Å²) in [7, 11) is 0. The fraction of sp³-hybridized carbons (Fsp3) is 0.541. The van der Waals surface area contributed by atoms with Gasteiger partial charge in [-0.1, -0.05) is 60.7 Å². The molecule has 3 aliphatic heterocycles. The van der Waals surface area contributed by atoms with E-state index in [1.165, 1.54) is 0 Å². The van der Waals surface area contributed by atoms with Crippen LogP contribution in [-0.4, -0.2) is 113 Å². The lowest BCUT2D eigenvalue weighted by Crippen LogP contribution is -2.62. The van der Waals surface area contributed by atoms with E-state index in [0.717, 1.165) is 24.0 Å². The van der Waals surface area contributed by atoms with Crippen molar-refractivity contribution in [2.45, 2.75) is 101 Å². The lowest BCUT2D eigenvalue weighted by molar-refractivity contribution is -0.150. The number of piperazine rings is 1. The van der Waals surface area contributed by atoms with Gasteiger partial charge in [0.2, 0.25) is 29.5 Å². The van der Waals surface area contributed by atoms with Gasteiger partial charge in [-0.05, 0) is 69.5 Å². The minimum absolute atomic E-state index is 0.0586. The smallest absolute Gasteiger partial charge is 0.246 e. The van der Waals surface area contributed by atoms with Gasteiger partial charge in [-0.2, -0.15) is 0 Å². The third-order valence-electron chi connectivity index (χ3n) is 10.2. The summed E-state index contributed by atoms with van der Waals surface area (Å²) in [5.74, 6) is -1.76. The summed E-state index contributed by atoms with van der Waals surface area (Å²) in [6.07, 6.45) is 4.34. The quantitative estimate of drug-likeness (QED) is 0.153. The number of unbranched alkanes of at least 4 members (excludes halogenated alkanes) is 1. The molecular formula is C37H52N8O5. The molecule has 13 nitrogen and oxygen atoms in total. The van der Waals surface area contributed by atoms with Crippen LogP contribution in [0.15, 0.2) is 60.7 Å². The number of amides is 5. The fourth-order valence-corrected chi connectivity index (χ4v) is 7.84. The summed E-state index contributed by atoms with van der Waals surface area (Å²) in [6, 6.07) is 14.9. The Morgan fingerprint density at radius 1 is 0.880 bits per heavy atom. The molecule has 5 rings (SSSR count). The van der Waals surface area contributed by atoms with Crippen LogP contribution >= 0.6 is 0 Å². The van der Waals surface area contributed by atoms with Crippen molar-refractivity contribution in [3.63, 3.8) is 0 Å². The number of benzene rings is 2. The van der Waals surface area contributed by atoms with Crippen molar-refractivity contribution in [3.05, 3.63) is 71.8 Å². The number of nitrogens with one attached hydrogen (secondary N) is 2. The summed E-state index contributed by atoms with van der Waals surface area (Å²) in [5, 5.41) is 5.76. The van der Waals surface area contributed by atoms with Gasteiger partial charge in [-0.15, -0.1) is 0 Å². The molecule has 8 N–H and O–H groups in total. The Hall–Kier alpha value is -4.33. The molecule has 2 aromatic carbocycles. The zero-order chi connectivity index (χ0) is 35.8. The van der Waals surface area contributed by atoms with Crippen LogP contribution in [0.2, 0.25) is 0 Å². The number of nitrogens with two attached hydrogens (primary N) is 3. The van der Waals surface area contributed by atoms with Crippen LogP contribution < -0.4 is 27.8 Å². The van der Waals surface area contributed by atoms with Gasteiger partial charge >= 0.3 is 0 Å². The van der Waals surface area contributed by atoms with Crippen LogP contribution in [0, 0.1) is 0 Å². The summed E-state index contributed by atoms with van der Waals surface area (Å²) in [5.41, 5.74) is 19.3. The Morgan fingerprint density at radius 2 is 1.48 bits per heavy atom. The summed E-state index contributed by atoms with van der Waals surface area (Å²) in [4.78, 5) is 72.8. The largest absolute Gasteiger partial charge is 0.369 e. The Labute approximate surface area is 294 Å². The standard InChI is InChI=1S/C37H52N8O5/c1-24-18-31(42-35(48)30(20-26-12-6-3-7-13-26)41-34(47)29(39)19-25-10-4-2-5-11-25)36(49)44(24)32(14-8-9-17-38)37(50)45-27-15-16-28(45)22-43(21-27)23-33(40)46/h2-7,10-13,24,27-32H,8-9,14-23,38-39H2,1H3,(H2,40,46)(H,41,47)(H,42,48). The van der Waals surface area contributed by atoms with E-state index < -0.39 is 41.9 Å². The Bertz CT molecular complexity index is 1480. The molecule has 0 aliphatic carbocycles. The van der Waals surface area contributed by atoms with Gasteiger partial charge in [-0.3, -0.25) is 28.9 Å². The van der Waals surface area contributed by atoms with Crippen molar-refractivity contribution in [1.29, 1.82) is 0 Å². The predicted octanol–water partition coefficient (Wildman–Crippen LogP) is 0.0476. The van der Waals surface area contributed by atoms with Gasteiger partial charge < -0.3 is 37.6 Å². The molecule has 3 saturated heterocycles. The fourth-order valence-electron chi connectivity index (χ4n) is 7.84. The van der Waals surface area contributed by atoms with Crippen LogP contribution in [0.5, 0.6) is 0 Å². The number of hydrogen-bond acceptors (Lipinski definition) is 8. The zero-order valence-electron chi connectivity index (χ0n) is 28.9. The minimum atomic E-state index is -0.974. The first-order valence-electron chi connectivity index (χ1n) is 17.8. The molecule has 3 aliphatic rings. The summed E-state index contributed by atoms with van der Waals surface area (Å²) >= 11 is 0. The molecule has 7 unspecified atom stereocenters. The molecule has 5 amide bonds. The van der Waals surface area contributed by atoms with E-state index in [4.69, 9.17) is 17.2 Å². The van der Waals surface area contributed by atoms with Gasteiger partial charge in [-0.25, -0.2) is 0 Å². The lowest BCUT2D eigenvalue weighted by Gasteiger charge is -2.44. The highest BCUT2D eigenvalue weighted by Gasteiger charge is 2.49. The van der Waals surface area contributed by atoms with Crippen LogP contribution in [0.1, 0.15) is 56.6 Å². The van der Waals surface area contributed by atoms with Crippen LogP contribution in [0.4, 0.5) is 0 Å². The third kappa shape index (κ3) is 9.06. The van der Waals surface area contributed by atoms with Crippen molar-refractivity contribution in [2.75, 3.05) is 26.2 Å². The van der Waals surface area contributed by atoms with E-state index in [9.17, 15) is 24.0 Å². The zero-order valence-corrected chi connectivity index (χ0v) is 28.9. The maximum Gasteiger partial charge on any atom is 0.246 e. The number of carbonyl (C=O) groups is 5. The topological polar surface area (TPSA) is 197 Å². The third-order valence-corrected chi connectivity index (χ3v) is 10.2. The second-order valence-electron chi connectivity index (χ2n) is 14.0. The number of primary amides is 1. The Morgan fingerprint density at radius 3 is 2.06 bits per heavy atom. The van der Waals surface area contributed by atoms with E-state index in [2.05, 4.69) is 10.6 Å². The highest BCUT2D eigenvalue weighted by molar-refractivity contribution is 5.96. The first kappa shape index (κ1) is 36.9. The number of hydrogen-bond donors (Lipinski definition) is 5. The molecule has 3 fully saturated rings. The molecule has 7 atom stereocenters. The number of carbonyl (C=O) groups excluding carboxylic acids is 5. The van der Waals surface area contributed by atoms with Gasteiger partial charge in [0.25, 0.3) is 0 Å². The average Bonchev–Trinajstić information content (AvgIpc) is 3.52. The molecule has 50 heavy (non-hydrogen) atoms. The van der Waals surface area contributed by atoms with Crippen LogP contribution in [-0.2, 0) is 36.8 Å². The SMILES string of the molecule is CC1CC(NC(=O)C(Cc2ccccc2)NC(=O)C(N)Cc2ccccc2)C(=O)N1C(CCCCN)C(=O)N1C2CCC1CN(CC(N)=O)C2. The molecule has 2 aromatic rings. The molecule has 0 saturated carbocycles. The van der Waals surface area contributed by atoms with E-state index >= 15 is 0 Å². The molecule has 3 heterocycles. The second-order valence-corrected chi connectivity index (χ2v) is 14.0. The first-order valence-corrected chi connectivity index (χ1v) is 17.8.